The van der Waals surface area contributed by atoms with Gasteiger partial charge in [0.15, 0.2) is 0 Å². The van der Waals surface area contributed by atoms with Crippen LogP contribution >= 0.6 is 0 Å². The summed E-state index contributed by atoms with van der Waals surface area (Å²) in [5.74, 6) is 0.130. The van der Waals surface area contributed by atoms with Gasteiger partial charge in [-0.25, -0.2) is 0 Å². The average Bonchev–Trinajstić information content (AvgIpc) is 3.12. The molecule has 0 aliphatic carbocycles. The van der Waals surface area contributed by atoms with E-state index in [1.165, 1.54) is 0 Å². The third-order valence-electron chi connectivity index (χ3n) is 5.11. The van der Waals surface area contributed by atoms with Crippen LogP contribution in [-0.2, 0) is 10.3 Å². The molecule has 1 aromatic rings. The van der Waals surface area contributed by atoms with Gasteiger partial charge in [0.25, 0.3) is 0 Å². The monoisotopic (exact) mass is 317 g/mol. The summed E-state index contributed by atoms with van der Waals surface area (Å²) in [6, 6.07) is 2.16. The number of likely N-dealkylation sites (tertiary alicyclic amines) is 1. The first-order valence-electron chi connectivity index (χ1n) is 8.60. The molecule has 0 radical (unpaired) electrons. The minimum atomic E-state index is -0.535. The Kier molecular flexibility index (Phi) is 5.13. The van der Waals surface area contributed by atoms with E-state index in [-0.39, 0.29) is 11.9 Å². The number of carbonyl (C=O) groups excluding carboxylic acids is 1. The Labute approximate surface area is 137 Å². The van der Waals surface area contributed by atoms with E-state index in [4.69, 9.17) is 0 Å². The summed E-state index contributed by atoms with van der Waals surface area (Å²) in [5, 5.41) is 11.0. The van der Waals surface area contributed by atoms with Crippen molar-refractivity contribution in [3.63, 3.8) is 0 Å². The Morgan fingerprint density at radius 3 is 2.74 bits per heavy atom. The zero-order chi connectivity index (χ0) is 16.1. The van der Waals surface area contributed by atoms with E-state index in [1.807, 2.05) is 23.0 Å². The van der Waals surface area contributed by atoms with E-state index in [9.17, 15) is 4.79 Å². The van der Waals surface area contributed by atoms with Gasteiger partial charge < -0.3 is 10.6 Å². The van der Waals surface area contributed by atoms with Crippen molar-refractivity contribution >= 4 is 5.91 Å². The number of nitrogens with one attached hydrogen (secondary N) is 2. The molecule has 0 atom stereocenters. The van der Waals surface area contributed by atoms with Crippen LogP contribution in [0.2, 0.25) is 0 Å². The van der Waals surface area contributed by atoms with Crippen molar-refractivity contribution in [2.24, 2.45) is 0 Å². The minimum Gasteiger partial charge on any atom is -0.351 e. The summed E-state index contributed by atoms with van der Waals surface area (Å²) < 4.78 is 1.86. The summed E-state index contributed by atoms with van der Waals surface area (Å²) >= 11 is 0. The molecule has 2 fully saturated rings. The smallest absolute Gasteiger partial charge is 0.248 e. The molecular formula is C17H27N5O. The Morgan fingerprint density at radius 1 is 1.39 bits per heavy atom. The standard InChI is InChI=1S/C17H27N5O/c1-2-11-21-13-4-15(5-14-21)20-16(23)17(6-9-18-10-7-17)22-12-3-8-19-22/h2-3,8,12,15,18H,1,4-7,9-11,13-14H2,(H,20,23). The first-order chi connectivity index (χ1) is 11.2. The Bertz CT molecular complexity index is 513. The van der Waals surface area contributed by atoms with Gasteiger partial charge in [-0.1, -0.05) is 6.08 Å². The van der Waals surface area contributed by atoms with Crippen molar-refractivity contribution in [1.29, 1.82) is 0 Å². The maximum absolute atomic E-state index is 13.1. The third-order valence-corrected chi connectivity index (χ3v) is 5.11. The zero-order valence-electron chi connectivity index (χ0n) is 13.7. The van der Waals surface area contributed by atoms with E-state index in [0.717, 1.165) is 58.4 Å². The molecule has 0 unspecified atom stereocenters. The van der Waals surface area contributed by atoms with Crippen LogP contribution in [0.1, 0.15) is 25.7 Å². The van der Waals surface area contributed by atoms with Crippen LogP contribution < -0.4 is 10.6 Å². The molecule has 6 nitrogen and oxygen atoms in total. The third kappa shape index (κ3) is 3.48. The number of aromatic nitrogens is 2. The van der Waals surface area contributed by atoms with Gasteiger partial charge in [0.2, 0.25) is 5.91 Å². The van der Waals surface area contributed by atoms with Gasteiger partial charge in [0.1, 0.15) is 5.54 Å². The highest BCUT2D eigenvalue weighted by atomic mass is 16.2. The molecule has 23 heavy (non-hydrogen) atoms. The van der Waals surface area contributed by atoms with Crippen molar-refractivity contribution < 1.29 is 4.79 Å². The maximum Gasteiger partial charge on any atom is 0.248 e. The first-order valence-corrected chi connectivity index (χ1v) is 8.60. The van der Waals surface area contributed by atoms with Crippen LogP contribution in [0, 0.1) is 0 Å². The summed E-state index contributed by atoms with van der Waals surface area (Å²) in [7, 11) is 0. The van der Waals surface area contributed by atoms with Gasteiger partial charge in [-0.3, -0.25) is 14.4 Å². The Hall–Kier alpha value is -1.66. The van der Waals surface area contributed by atoms with E-state index in [1.54, 1.807) is 6.20 Å². The quantitative estimate of drug-likeness (QED) is 0.786. The highest BCUT2D eigenvalue weighted by Gasteiger charge is 2.42. The van der Waals surface area contributed by atoms with E-state index in [2.05, 4.69) is 27.2 Å². The molecule has 0 bridgehead atoms. The molecule has 0 spiro atoms. The van der Waals surface area contributed by atoms with Gasteiger partial charge in [-0.15, -0.1) is 6.58 Å². The maximum atomic E-state index is 13.1. The second-order valence-electron chi connectivity index (χ2n) is 6.57. The highest BCUT2D eigenvalue weighted by Crippen LogP contribution is 2.27. The van der Waals surface area contributed by atoms with Gasteiger partial charge in [0, 0.05) is 38.1 Å². The van der Waals surface area contributed by atoms with Gasteiger partial charge in [-0.05, 0) is 44.8 Å². The lowest BCUT2D eigenvalue weighted by Gasteiger charge is -2.39. The molecule has 2 aliphatic rings. The van der Waals surface area contributed by atoms with Crippen molar-refractivity contribution in [2.45, 2.75) is 37.3 Å². The van der Waals surface area contributed by atoms with E-state index < -0.39 is 5.54 Å². The van der Waals surface area contributed by atoms with Crippen LogP contribution in [0.5, 0.6) is 0 Å². The van der Waals surface area contributed by atoms with Crippen LogP contribution in [-0.4, -0.2) is 59.4 Å². The van der Waals surface area contributed by atoms with Crippen LogP contribution in [0.25, 0.3) is 0 Å². The lowest BCUT2D eigenvalue weighted by molar-refractivity contribution is -0.133. The van der Waals surface area contributed by atoms with Crippen LogP contribution in [0.4, 0.5) is 0 Å². The fourth-order valence-electron chi connectivity index (χ4n) is 3.68. The molecule has 126 valence electrons. The predicted octanol–water partition coefficient (Wildman–Crippen LogP) is 0.728. The van der Waals surface area contributed by atoms with Crippen molar-refractivity contribution in [3.8, 4) is 0 Å². The van der Waals surface area contributed by atoms with Crippen molar-refractivity contribution in [3.05, 3.63) is 31.1 Å². The number of hydrogen-bond donors (Lipinski definition) is 2. The molecular weight excluding hydrogens is 290 g/mol. The number of piperidine rings is 2. The second kappa shape index (κ2) is 7.27. The van der Waals surface area contributed by atoms with E-state index >= 15 is 0 Å². The normalized spacial score (nSPS) is 22.6. The SMILES string of the molecule is C=CCN1CCC(NC(=O)C2(n3cccn3)CCNCC2)CC1. The second-order valence-corrected chi connectivity index (χ2v) is 6.57. The fourth-order valence-corrected chi connectivity index (χ4v) is 3.68. The lowest BCUT2D eigenvalue weighted by Crippen LogP contribution is -2.57. The van der Waals surface area contributed by atoms with Gasteiger partial charge in [0.05, 0.1) is 0 Å². The van der Waals surface area contributed by atoms with Crippen LogP contribution in [0.15, 0.2) is 31.1 Å². The largest absolute Gasteiger partial charge is 0.351 e. The molecule has 6 heteroatoms. The topological polar surface area (TPSA) is 62.2 Å². The molecule has 3 rings (SSSR count). The predicted molar refractivity (Wildman–Crippen MR) is 90.1 cm³/mol. The summed E-state index contributed by atoms with van der Waals surface area (Å²) in [5.41, 5.74) is -0.535. The van der Waals surface area contributed by atoms with E-state index in [0.29, 0.717) is 0 Å². The number of rotatable bonds is 5. The van der Waals surface area contributed by atoms with Crippen LogP contribution in [0.3, 0.4) is 0 Å². The van der Waals surface area contributed by atoms with Crippen molar-refractivity contribution in [1.82, 2.24) is 25.3 Å². The molecule has 2 aliphatic heterocycles. The highest BCUT2D eigenvalue weighted by molar-refractivity contribution is 5.84. The molecule has 3 heterocycles. The average molecular weight is 317 g/mol. The number of hydrogen-bond acceptors (Lipinski definition) is 4. The molecule has 2 saturated heterocycles. The Balaban J connectivity index is 1.65. The fraction of sp³-hybridized carbons (Fsp3) is 0.647. The molecule has 0 aromatic carbocycles. The molecule has 0 saturated carbocycles. The zero-order valence-corrected chi connectivity index (χ0v) is 13.7. The van der Waals surface area contributed by atoms with Crippen molar-refractivity contribution in [2.75, 3.05) is 32.7 Å². The Morgan fingerprint density at radius 2 is 2.13 bits per heavy atom. The lowest BCUT2D eigenvalue weighted by atomic mass is 9.86. The molecule has 1 amide bonds. The molecule has 2 N–H and O–H groups in total. The minimum absolute atomic E-state index is 0.130. The summed E-state index contributed by atoms with van der Waals surface area (Å²) in [6.07, 6.45) is 9.20. The summed E-state index contributed by atoms with van der Waals surface area (Å²) in [4.78, 5) is 15.4. The number of amides is 1. The summed E-state index contributed by atoms with van der Waals surface area (Å²) in [6.45, 7) is 8.47. The number of carbonyl (C=O) groups is 1. The number of nitrogens with zero attached hydrogens (tertiary/aromatic N) is 3. The van der Waals surface area contributed by atoms with Gasteiger partial charge >= 0.3 is 0 Å². The van der Waals surface area contributed by atoms with Gasteiger partial charge in [-0.2, -0.15) is 5.10 Å². The first kappa shape index (κ1) is 16.2. The molecule has 1 aromatic heterocycles.